The predicted octanol–water partition coefficient (Wildman–Crippen LogP) is 2.18. The molecule has 0 radical (unpaired) electrons. The summed E-state index contributed by atoms with van der Waals surface area (Å²) in [6.07, 6.45) is 7.07. The Morgan fingerprint density at radius 1 is 1.10 bits per heavy atom. The van der Waals surface area contributed by atoms with Gasteiger partial charge < -0.3 is 10.2 Å². The highest BCUT2D eigenvalue weighted by molar-refractivity contribution is 4.95. The van der Waals surface area contributed by atoms with Gasteiger partial charge in [-0.2, -0.15) is 0 Å². The Kier molecular flexibility index (Phi) is 4.40. The molecule has 0 spiro atoms. The van der Waals surface area contributed by atoms with Gasteiger partial charge in [-0.25, -0.2) is 0 Å². The van der Waals surface area contributed by atoms with Crippen LogP contribution < -0.4 is 5.32 Å². The van der Waals surface area contributed by atoms with E-state index in [1.807, 2.05) is 0 Å². The second-order valence-electron chi connectivity index (χ2n) is 8.00. The molecule has 3 atom stereocenters. The standard InChI is InChI=1S/C17H33N3/c1-17(2)8-4-6-14(16(17)18-3)12-19-10-11-20-9-5-7-15(20)13-19/h14-16,18H,4-13H2,1-3H3. The molecule has 3 heteroatoms. The molecular weight excluding hydrogens is 246 g/mol. The molecule has 20 heavy (non-hydrogen) atoms. The molecule has 3 aliphatic rings. The lowest BCUT2D eigenvalue weighted by Gasteiger charge is -2.47. The van der Waals surface area contributed by atoms with E-state index in [9.17, 15) is 0 Å². The van der Waals surface area contributed by atoms with Crippen LogP contribution in [0.25, 0.3) is 0 Å². The number of hydrogen-bond donors (Lipinski definition) is 1. The molecule has 0 aromatic rings. The number of piperazine rings is 1. The first-order valence-electron chi connectivity index (χ1n) is 8.74. The molecule has 3 unspecified atom stereocenters. The number of nitrogens with one attached hydrogen (secondary N) is 1. The first kappa shape index (κ1) is 14.8. The van der Waals surface area contributed by atoms with Crippen molar-refractivity contribution in [2.75, 3.05) is 39.8 Å². The highest BCUT2D eigenvalue weighted by atomic mass is 15.3. The van der Waals surface area contributed by atoms with Crippen molar-refractivity contribution in [3.05, 3.63) is 0 Å². The third-order valence-electron chi connectivity index (χ3n) is 6.18. The highest BCUT2D eigenvalue weighted by Crippen LogP contribution is 2.39. The summed E-state index contributed by atoms with van der Waals surface area (Å²) in [7, 11) is 2.17. The maximum absolute atomic E-state index is 3.64. The lowest BCUT2D eigenvalue weighted by atomic mass is 9.68. The summed E-state index contributed by atoms with van der Waals surface area (Å²) in [5.41, 5.74) is 0.465. The third kappa shape index (κ3) is 2.90. The predicted molar refractivity (Wildman–Crippen MR) is 85.0 cm³/mol. The molecule has 0 bridgehead atoms. The Labute approximate surface area is 125 Å². The zero-order valence-corrected chi connectivity index (χ0v) is 13.7. The maximum Gasteiger partial charge on any atom is 0.0224 e. The number of rotatable bonds is 3. The van der Waals surface area contributed by atoms with Crippen molar-refractivity contribution >= 4 is 0 Å². The van der Waals surface area contributed by atoms with Crippen molar-refractivity contribution in [2.45, 2.75) is 58.0 Å². The summed E-state index contributed by atoms with van der Waals surface area (Å²) in [6.45, 7) is 11.5. The average molecular weight is 279 g/mol. The molecule has 0 aromatic carbocycles. The summed E-state index contributed by atoms with van der Waals surface area (Å²) in [4.78, 5) is 5.49. The summed E-state index contributed by atoms with van der Waals surface area (Å²) in [6, 6.07) is 1.56. The summed E-state index contributed by atoms with van der Waals surface area (Å²) < 4.78 is 0. The molecule has 1 N–H and O–H groups in total. The third-order valence-corrected chi connectivity index (χ3v) is 6.18. The van der Waals surface area contributed by atoms with Gasteiger partial charge in [0.1, 0.15) is 0 Å². The largest absolute Gasteiger partial charge is 0.316 e. The highest BCUT2D eigenvalue weighted by Gasteiger charge is 2.39. The van der Waals surface area contributed by atoms with Gasteiger partial charge in [0, 0.05) is 38.3 Å². The summed E-state index contributed by atoms with van der Waals surface area (Å²) in [5, 5.41) is 3.64. The lowest BCUT2D eigenvalue weighted by Crippen LogP contribution is -2.55. The first-order valence-corrected chi connectivity index (χ1v) is 8.74. The molecule has 2 saturated heterocycles. The van der Waals surface area contributed by atoms with E-state index in [1.54, 1.807) is 0 Å². The van der Waals surface area contributed by atoms with Crippen LogP contribution in [0.2, 0.25) is 0 Å². The van der Waals surface area contributed by atoms with E-state index < -0.39 is 0 Å². The second kappa shape index (κ2) is 5.94. The van der Waals surface area contributed by atoms with Crippen LogP contribution in [0.15, 0.2) is 0 Å². The Bertz CT molecular complexity index is 328. The van der Waals surface area contributed by atoms with Gasteiger partial charge >= 0.3 is 0 Å². The van der Waals surface area contributed by atoms with Crippen molar-refractivity contribution in [1.82, 2.24) is 15.1 Å². The molecular formula is C17H33N3. The van der Waals surface area contributed by atoms with Gasteiger partial charge in [0.25, 0.3) is 0 Å². The van der Waals surface area contributed by atoms with Crippen LogP contribution in [-0.4, -0.2) is 61.7 Å². The minimum absolute atomic E-state index is 0.465. The molecule has 2 heterocycles. The number of hydrogen-bond acceptors (Lipinski definition) is 3. The molecule has 3 nitrogen and oxygen atoms in total. The number of nitrogens with zero attached hydrogens (tertiary/aromatic N) is 2. The zero-order chi connectivity index (χ0) is 14.2. The van der Waals surface area contributed by atoms with Crippen LogP contribution in [0.4, 0.5) is 0 Å². The van der Waals surface area contributed by atoms with Crippen molar-refractivity contribution < 1.29 is 0 Å². The van der Waals surface area contributed by atoms with Crippen LogP contribution in [0.1, 0.15) is 46.0 Å². The Balaban J connectivity index is 1.59. The van der Waals surface area contributed by atoms with Crippen LogP contribution in [-0.2, 0) is 0 Å². The van der Waals surface area contributed by atoms with Gasteiger partial charge in [-0.3, -0.25) is 4.90 Å². The quantitative estimate of drug-likeness (QED) is 0.854. The average Bonchev–Trinajstić information content (AvgIpc) is 2.85. The van der Waals surface area contributed by atoms with Gasteiger partial charge in [-0.1, -0.05) is 20.3 Å². The van der Waals surface area contributed by atoms with Gasteiger partial charge in [0.15, 0.2) is 0 Å². The van der Waals surface area contributed by atoms with Crippen LogP contribution in [0, 0.1) is 11.3 Å². The van der Waals surface area contributed by atoms with Gasteiger partial charge in [-0.05, 0) is 50.6 Å². The molecule has 116 valence electrons. The smallest absolute Gasteiger partial charge is 0.0224 e. The molecule has 2 aliphatic heterocycles. The van der Waals surface area contributed by atoms with E-state index in [-0.39, 0.29) is 0 Å². The summed E-state index contributed by atoms with van der Waals surface area (Å²) >= 11 is 0. The molecule has 3 fully saturated rings. The normalized spacial score (nSPS) is 38.9. The van der Waals surface area contributed by atoms with E-state index in [0.717, 1.165) is 12.0 Å². The Morgan fingerprint density at radius 3 is 2.75 bits per heavy atom. The minimum atomic E-state index is 0.465. The number of fused-ring (bicyclic) bond motifs is 1. The molecule has 0 amide bonds. The minimum Gasteiger partial charge on any atom is -0.316 e. The fraction of sp³-hybridized carbons (Fsp3) is 1.00. The fourth-order valence-electron chi connectivity index (χ4n) is 5.16. The van der Waals surface area contributed by atoms with E-state index in [4.69, 9.17) is 0 Å². The van der Waals surface area contributed by atoms with Crippen molar-refractivity contribution in [2.24, 2.45) is 11.3 Å². The maximum atomic E-state index is 3.64. The van der Waals surface area contributed by atoms with Crippen LogP contribution >= 0.6 is 0 Å². The monoisotopic (exact) mass is 279 g/mol. The Hall–Kier alpha value is -0.120. The second-order valence-corrected chi connectivity index (χ2v) is 8.00. The van der Waals surface area contributed by atoms with Crippen molar-refractivity contribution in [3.63, 3.8) is 0 Å². The SMILES string of the molecule is CNC1C(CN2CCN3CCCC3C2)CCCC1(C)C. The van der Waals surface area contributed by atoms with Gasteiger partial charge in [0.2, 0.25) is 0 Å². The molecule has 1 saturated carbocycles. The van der Waals surface area contributed by atoms with Crippen molar-refractivity contribution in [3.8, 4) is 0 Å². The van der Waals surface area contributed by atoms with Gasteiger partial charge in [0.05, 0.1) is 0 Å². The van der Waals surface area contributed by atoms with E-state index >= 15 is 0 Å². The Morgan fingerprint density at radius 2 is 1.95 bits per heavy atom. The zero-order valence-electron chi connectivity index (χ0n) is 13.7. The van der Waals surface area contributed by atoms with E-state index in [0.29, 0.717) is 11.5 Å². The fourth-order valence-corrected chi connectivity index (χ4v) is 5.16. The first-order chi connectivity index (χ1) is 9.60. The molecule has 0 aromatic heterocycles. The van der Waals surface area contributed by atoms with Crippen molar-refractivity contribution in [1.29, 1.82) is 0 Å². The van der Waals surface area contributed by atoms with Crippen LogP contribution in [0.5, 0.6) is 0 Å². The lowest BCUT2D eigenvalue weighted by molar-refractivity contribution is 0.0489. The molecule has 1 aliphatic carbocycles. The topological polar surface area (TPSA) is 18.5 Å². The van der Waals surface area contributed by atoms with Gasteiger partial charge in [-0.15, -0.1) is 0 Å². The van der Waals surface area contributed by atoms with E-state index in [2.05, 4.69) is 36.0 Å². The van der Waals surface area contributed by atoms with E-state index in [1.165, 1.54) is 64.8 Å². The molecule has 3 rings (SSSR count). The summed E-state index contributed by atoms with van der Waals surface area (Å²) in [5.74, 6) is 0.844. The van der Waals surface area contributed by atoms with Crippen LogP contribution in [0.3, 0.4) is 0 Å².